The smallest absolute Gasteiger partial charge is 0.269 e. The topological polar surface area (TPSA) is 80.5 Å². The molecule has 6 nitrogen and oxygen atoms in total. The number of carbonyl (C=O) groups excluding carboxylic acids is 2. The average molecular weight is 362 g/mol. The molecule has 3 fully saturated rings. The van der Waals surface area contributed by atoms with Crippen LogP contribution in [0.4, 0.5) is 11.4 Å². The van der Waals surface area contributed by atoms with Crippen molar-refractivity contribution < 1.29 is 14.5 Å². The van der Waals surface area contributed by atoms with Gasteiger partial charge in [-0.2, -0.15) is 0 Å². The van der Waals surface area contributed by atoms with E-state index in [1.807, 2.05) is 12.1 Å². The summed E-state index contributed by atoms with van der Waals surface area (Å²) in [6.07, 6.45) is 3.16. The van der Waals surface area contributed by atoms with Crippen LogP contribution < -0.4 is 4.90 Å². The van der Waals surface area contributed by atoms with Gasteiger partial charge in [0, 0.05) is 12.1 Å². The first-order valence-electron chi connectivity index (χ1n) is 9.27. The molecule has 136 valence electrons. The van der Waals surface area contributed by atoms with E-state index in [9.17, 15) is 19.7 Å². The fraction of sp³-hybridized carbons (Fsp3) is 0.333. The van der Waals surface area contributed by atoms with Gasteiger partial charge in [0.25, 0.3) is 5.69 Å². The van der Waals surface area contributed by atoms with Gasteiger partial charge in [-0.15, -0.1) is 0 Å². The van der Waals surface area contributed by atoms with Crippen LogP contribution >= 0.6 is 0 Å². The summed E-state index contributed by atoms with van der Waals surface area (Å²) in [6.45, 7) is 0. The molecule has 2 aliphatic carbocycles. The Morgan fingerprint density at radius 1 is 0.815 bits per heavy atom. The van der Waals surface area contributed by atoms with Crippen molar-refractivity contribution in [3.63, 3.8) is 0 Å². The van der Waals surface area contributed by atoms with Crippen molar-refractivity contribution >= 4 is 23.2 Å². The minimum absolute atomic E-state index is 0.0414. The summed E-state index contributed by atoms with van der Waals surface area (Å²) < 4.78 is 0. The van der Waals surface area contributed by atoms with Gasteiger partial charge in [-0.25, -0.2) is 0 Å². The highest BCUT2D eigenvalue weighted by molar-refractivity contribution is 6.22. The number of nitro groups is 1. The number of non-ortho nitro benzene ring substituents is 1. The standard InChI is InChI=1S/C21H18N2O4/c24-20-18-14-1-2-15(11-14)19(18)21(25)22(20)16-7-3-12(4-8-16)13-5-9-17(10-6-13)23(26)27/h3-10,14-15,18-19H,1-2,11H2/t14-,15-,18-,19+/m0/s1. The number of imide groups is 1. The van der Waals surface area contributed by atoms with Crippen LogP contribution in [0.25, 0.3) is 11.1 Å². The summed E-state index contributed by atoms with van der Waals surface area (Å²) in [4.78, 5) is 37.5. The Kier molecular flexibility index (Phi) is 3.44. The normalized spacial score (nSPS) is 28.7. The van der Waals surface area contributed by atoms with Crippen molar-refractivity contribution in [2.75, 3.05) is 4.90 Å². The summed E-state index contributed by atoms with van der Waals surface area (Å²) in [7, 11) is 0. The second kappa shape index (κ2) is 5.74. The quantitative estimate of drug-likeness (QED) is 0.472. The lowest BCUT2D eigenvalue weighted by Crippen LogP contribution is -2.32. The highest BCUT2D eigenvalue weighted by atomic mass is 16.6. The fourth-order valence-corrected chi connectivity index (χ4v) is 5.24. The fourth-order valence-electron chi connectivity index (χ4n) is 5.24. The van der Waals surface area contributed by atoms with Crippen molar-refractivity contribution in [2.45, 2.75) is 19.3 Å². The summed E-state index contributed by atoms with van der Waals surface area (Å²) in [6, 6.07) is 13.6. The van der Waals surface area contributed by atoms with E-state index >= 15 is 0 Å². The zero-order valence-electron chi connectivity index (χ0n) is 14.6. The van der Waals surface area contributed by atoms with Gasteiger partial charge in [0.2, 0.25) is 11.8 Å². The third-order valence-electron chi connectivity index (χ3n) is 6.46. The number of fused-ring (bicyclic) bond motifs is 5. The Bertz CT molecular complexity index is 923. The van der Waals surface area contributed by atoms with Crippen LogP contribution in [0, 0.1) is 33.8 Å². The van der Waals surface area contributed by atoms with Gasteiger partial charge in [0.1, 0.15) is 0 Å². The summed E-state index contributed by atoms with van der Waals surface area (Å²) in [5, 5.41) is 10.8. The number of hydrogen-bond acceptors (Lipinski definition) is 4. The first kappa shape index (κ1) is 16.2. The molecule has 0 N–H and O–H groups in total. The van der Waals surface area contributed by atoms with Crippen LogP contribution in [0.15, 0.2) is 48.5 Å². The number of hydrogen-bond donors (Lipinski definition) is 0. The van der Waals surface area contributed by atoms with Crippen molar-refractivity contribution in [1.29, 1.82) is 0 Å². The number of amides is 2. The first-order chi connectivity index (χ1) is 13.0. The number of carbonyl (C=O) groups is 2. The number of nitro benzene ring substituents is 1. The molecule has 2 saturated carbocycles. The molecule has 1 aliphatic heterocycles. The minimum atomic E-state index is -0.429. The molecule has 2 aromatic rings. The van der Waals surface area contributed by atoms with Crippen LogP contribution in [0.2, 0.25) is 0 Å². The Balaban J connectivity index is 1.41. The van der Waals surface area contributed by atoms with Gasteiger partial charge in [-0.3, -0.25) is 24.6 Å². The number of benzene rings is 2. The largest absolute Gasteiger partial charge is 0.274 e. The number of anilines is 1. The predicted molar refractivity (Wildman–Crippen MR) is 98.8 cm³/mol. The highest BCUT2D eigenvalue weighted by Crippen LogP contribution is 2.56. The first-order valence-corrected chi connectivity index (χ1v) is 9.27. The van der Waals surface area contributed by atoms with Gasteiger partial charge in [-0.1, -0.05) is 12.1 Å². The third kappa shape index (κ3) is 2.32. The second-order valence-electron chi connectivity index (χ2n) is 7.75. The van der Waals surface area contributed by atoms with Crippen molar-refractivity contribution in [3.8, 4) is 11.1 Å². The van der Waals surface area contributed by atoms with Gasteiger partial charge in [0.05, 0.1) is 22.4 Å². The lowest BCUT2D eigenvalue weighted by atomic mass is 9.81. The van der Waals surface area contributed by atoms with Crippen LogP contribution in [0.1, 0.15) is 19.3 Å². The van der Waals surface area contributed by atoms with E-state index in [4.69, 9.17) is 0 Å². The monoisotopic (exact) mass is 362 g/mol. The van der Waals surface area contributed by atoms with Gasteiger partial charge >= 0.3 is 0 Å². The molecule has 2 amide bonds. The molecule has 5 rings (SSSR count). The van der Waals surface area contributed by atoms with Gasteiger partial charge in [-0.05, 0) is 66.5 Å². The van der Waals surface area contributed by atoms with Gasteiger partial charge in [0.15, 0.2) is 0 Å². The van der Waals surface area contributed by atoms with E-state index in [2.05, 4.69) is 0 Å². The van der Waals surface area contributed by atoms with E-state index in [1.165, 1.54) is 17.0 Å². The molecule has 27 heavy (non-hydrogen) atoms. The summed E-state index contributed by atoms with van der Waals surface area (Å²) >= 11 is 0. The molecule has 0 spiro atoms. The molecular weight excluding hydrogens is 344 g/mol. The van der Waals surface area contributed by atoms with Crippen molar-refractivity contribution in [2.24, 2.45) is 23.7 Å². The number of nitrogens with zero attached hydrogens (tertiary/aromatic N) is 2. The molecular formula is C21H18N2O4. The molecule has 1 saturated heterocycles. The van der Waals surface area contributed by atoms with Crippen LogP contribution in [0.3, 0.4) is 0 Å². The molecule has 0 aromatic heterocycles. The van der Waals surface area contributed by atoms with Crippen LogP contribution in [-0.2, 0) is 9.59 Å². The molecule has 3 aliphatic rings. The molecule has 4 atom stereocenters. The van der Waals surface area contributed by atoms with Crippen molar-refractivity contribution in [3.05, 3.63) is 58.6 Å². The highest BCUT2D eigenvalue weighted by Gasteiger charge is 2.61. The predicted octanol–water partition coefficient (Wildman–Crippen LogP) is 3.80. The second-order valence-corrected chi connectivity index (χ2v) is 7.75. The Morgan fingerprint density at radius 3 is 1.78 bits per heavy atom. The van der Waals surface area contributed by atoms with E-state index in [0.29, 0.717) is 17.5 Å². The molecule has 2 bridgehead atoms. The summed E-state index contributed by atoms with van der Waals surface area (Å²) in [5.41, 5.74) is 2.39. The third-order valence-corrected chi connectivity index (χ3v) is 6.46. The molecule has 2 aromatic carbocycles. The molecule has 6 heteroatoms. The van der Waals surface area contributed by atoms with E-state index < -0.39 is 4.92 Å². The van der Waals surface area contributed by atoms with Crippen LogP contribution in [0.5, 0.6) is 0 Å². The van der Waals surface area contributed by atoms with E-state index in [1.54, 1.807) is 24.3 Å². The molecule has 0 radical (unpaired) electrons. The average Bonchev–Trinajstić information content (AvgIpc) is 3.36. The zero-order valence-corrected chi connectivity index (χ0v) is 14.6. The summed E-state index contributed by atoms with van der Waals surface area (Å²) in [5.74, 6) is 0.429. The van der Waals surface area contributed by atoms with E-state index in [0.717, 1.165) is 30.4 Å². The molecule has 0 unspecified atom stereocenters. The van der Waals surface area contributed by atoms with Crippen LogP contribution in [-0.4, -0.2) is 16.7 Å². The molecule has 1 heterocycles. The SMILES string of the molecule is O=C1[C@@H]2[C@H]3CC[C@@H](C3)[C@@H]2C(=O)N1c1ccc(-c2ccc([N+](=O)[O-])cc2)cc1. The van der Waals surface area contributed by atoms with E-state index in [-0.39, 0.29) is 29.3 Å². The lowest BCUT2D eigenvalue weighted by Gasteiger charge is -2.19. The number of rotatable bonds is 3. The Labute approximate surface area is 155 Å². The minimum Gasteiger partial charge on any atom is -0.274 e. The lowest BCUT2D eigenvalue weighted by molar-refractivity contribution is -0.384. The zero-order chi connectivity index (χ0) is 18.7. The maximum atomic E-state index is 12.9. The Morgan fingerprint density at radius 2 is 1.30 bits per heavy atom. The van der Waals surface area contributed by atoms with Crippen molar-refractivity contribution in [1.82, 2.24) is 0 Å². The Hall–Kier alpha value is -3.02. The maximum absolute atomic E-state index is 12.9. The maximum Gasteiger partial charge on any atom is 0.269 e. The van der Waals surface area contributed by atoms with Gasteiger partial charge < -0.3 is 0 Å².